The van der Waals surface area contributed by atoms with Gasteiger partial charge in [-0.3, -0.25) is 4.79 Å². The molecule has 120 valence electrons. The lowest BCUT2D eigenvalue weighted by atomic mass is 10.0. The number of benzene rings is 1. The molecule has 5 nitrogen and oxygen atoms in total. The lowest BCUT2D eigenvalue weighted by Crippen LogP contribution is -2.54. The van der Waals surface area contributed by atoms with Gasteiger partial charge in [-0.15, -0.1) is 0 Å². The number of aliphatic hydroxyl groups excluding tert-OH is 1. The number of piperidine rings is 1. The third-order valence-electron chi connectivity index (χ3n) is 4.22. The standard InChI is InChI=1S/C18H21N3O2/c1-13-6-5-10-19-17(13)21-11-9-15(16(22)12-21)20-18(23)14-7-3-2-4-8-14/h2-8,10,15-16,22H,9,11-12H2,1H3,(H,20,23)/t15-,16-/m1/s1. The molecule has 1 aliphatic rings. The quantitative estimate of drug-likeness (QED) is 0.906. The van der Waals surface area contributed by atoms with Crippen molar-refractivity contribution in [3.63, 3.8) is 0 Å². The molecule has 1 saturated heterocycles. The Morgan fingerprint density at radius 3 is 2.74 bits per heavy atom. The summed E-state index contributed by atoms with van der Waals surface area (Å²) in [5.41, 5.74) is 1.70. The van der Waals surface area contributed by atoms with Crippen LogP contribution in [-0.4, -0.2) is 41.2 Å². The second-order valence-electron chi connectivity index (χ2n) is 5.89. The Morgan fingerprint density at radius 2 is 2.04 bits per heavy atom. The molecule has 0 unspecified atom stereocenters. The lowest BCUT2D eigenvalue weighted by molar-refractivity contribution is 0.0797. The van der Waals surface area contributed by atoms with E-state index in [9.17, 15) is 9.90 Å². The number of pyridine rings is 1. The van der Waals surface area contributed by atoms with Crippen LogP contribution in [0, 0.1) is 6.92 Å². The number of carbonyl (C=O) groups is 1. The molecule has 0 bridgehead atoms. The summed E-state index contributed by atoms with van der Waals surface area (Å²) in [5.74, 6) is 0.761. The number of aliphatic hydroxyl groups is 1. The first-order valence-electron chi connectivity index (χ1n) is 7.85. The topological polar surface area (TPSA) is 65.5 Å². The molecule has 1 aromatic heterocycles. The van der Waals surface area contributed by atoms with Gasteiger partial charge in [0, 0.05) is 24.8 Å². The van der Waals surface area contributed by atoms with Gasteiger partial charge < -0.3 is 15.3 Å². The van der Waals surface area contributed by atoms with Crippen molar-refractivity contribution in [3.8, 4) is 0 Å². The number of nitrogens with zero attached hydrogens (tertiary/aromatic N) is 2. The van der Waals surface area contributed by atoms with Gasteiger partial charge in [0.2, 0.25) is 0 Å². The zero-order valence-corrected chi connectivity index (χ0v) is 13.1. The van der Waals surface area contributed by atoms with E-state index in [0.717, 1.165) is 17.9 Å². The van der Waals surface area contributed by atoms with Gasteiger partial charge in [0.25, 0.3) is 5.91 Å². The van der Waals surface area contributed by atoms with E-state index in [1.807, 2.05) is 37.3 Å². The molecule has 2 atom stereocenters. The van der Waals surface area contributed by atoms with Crippen LogP contribution in [0.2, 0.25) is 0 Å². The van der Waals surface area contributed by atoms with Gasteiger partial charge >= 0.3 is 0 Å². The maximum Gasteiger partial charge on any atom is 0.251 e. The second kappa shape index (κ2) is 6.79. The molecule has 0 spiro atoms. The van der Waals surface area contributed by atoms with Gasteiger partial charge in [-0.25, -0.2) is 4.98 Å². The summed E-state index contributed by atoms with van der Waals surface area (Å²) in [4.78, 5) is 18.7. The minimum Gasteiger partial charge on any atom is -0.389 e. The van der Waals surface area contributed by atoms with Crippen LogP contribution in [-0.2, 0) is 0 Å². The predicted molar refractivity (Wildman–Crippen MR) is 89.5 cm³/mol. The molecular formula is C18H21N3O2. The van der Waals surface area contributed by atoms with Crippen molar-refractivity contribution >= 4 is 11.7 Å². The minimum absolute atomic E-state index is 0.142. The van der Waals surface area contributed by atoms with Crippen molar-refractivity contribution in [2.24, 2.45) is 0 Å². The number of rotatable bonds is 3. The van der Waals surface area contributed by atoms with Crippen LogP contribution in [0.25, 0.3) is 0 Å². The number of hydrogen-bond acceptors (Lipinski definition) is 4. The molecule has 2 heterocycles. The fraction of sp³-hybridized carbons (Fsp3) is 0.333. The first-order chi connectivity index (χ1) is 11.1. The van der Waals surface area contributed by atoms with E-state index < -0.39 is 6.10 Å². The highest BCUT2D eigenvalue weighted by molar-refractivity contribution is 5.94. The Bertz CT molecular complexity index is 675. The van der Waals surface area contributed by atoms with Gasteiger partial charge in [-0.2, -0.15) is 0 Å². The average Bonchev–Trinajstić information content (AvgIpc) is 2.58. The van der Waals surface area contributed by atoms with Crippen LogP contribution in [0.4, 0.5) is 5.82 Å². The van der Waals surface area contributed by atoms with Gasteiger partial charge in [0.05, 0.1) is 12.1 Å². The predicted octanol–water partition coefficient (Wildman–Crippen LogP) is 1.76. The van der Waals surface area contributed by atoms with Crippen LogP contribution in [0.1, 0.15) is 22.3 Å². The van der Waals surface area contributed by atoms with Crippen molar-refractivity contribution in [1.82, 2.24) is 10.3 Å². The molecule has 0 radical (unpaired) electrons. The number of hydrogen-bond donors (Lipinski definition) is 2. The Morgan fingerprint density at radius 1 is 1.26 bits per heavy atom. The Labute approximate surface area is 136 Å². The normalized spacial score (nSPS) is 21.0. The molecule has 2 N–H and O–H groups in total. The number of anilines is 1. The minimum atomic E-state index is -0.613. The summed E-state index contributed by atoms with van der Waals surface area (Å²) in [7, 11) is 0. The summed E-state index contributed by atoms with van der Waals surface area (Å²) < 4.78 is 0. The smallest absolute Gasteiger partial charge is 0.251 e. The van der Waals surface area contributed by atoms with Crippen LogP contribution >= 0.6 is 0 Å². The van der Waals surface area contributed by atoms with Crippen molar-refractivity contribution in [3.05, 3.63) is 59.8 Å². The van der Waals surface area contributed by atoms with E-state index in [2.05, 4.69) is 15.2 Å². The molecule has 1 fully saturated rings. The van der Waals surface area contributed by atoms with E-state index in [-0.39, 0.29) is 11.9 Å². The zero-order valence-electron chi connectivity index (χ0n) is 13.1. The number of nitrogens with one attached hydrogen (secondary N) is 1. The van der Waals surface area contributed by atoms with Crippen molar-refractivity contribution < 1.29 is 9.90 Å². The summed E-state index contributed by atoms with van der Waals surface area (Å²) in [6.07, 6.45) is 1.84. The molecule has 23 heavy (non-hydrogen) atoms. The SMILES string of the molecule is Cc1cccnc1N1CC[C@@H](NC(=O)c2ccccc2)[C@H](O)C1. The van der Waals surface area contributed by atoms with E-state index in [0.29, 0.717) is 18.5 Å². The monoisotopic (exact) mass is 311 g/mol. The van der Waals surface area contributed by atoms with Gasteiger partial charge in [-0.05, 0) is 37.1 Å². The highest BCUT2D eigenvalue weighted by Gasteiger charge is 2.30. The Hall–Kier alpha value is -2.40. The van der Waals surface area contributed by atoms with E-state index >= 15 is 0 Å². The zero-order chi connectivity index (χ0) is 16.2. The summed E-state index contributed by atoms with van der Waals surface area (Å²) in [5, 5.41) is 13.3. The molecule has 2 aromatic rings. The molecule has 3 rings (SSSR count). The van der Waals surface area contributed by atoms with E-state index in [4.69, 9.17) is 0 Å². The summed E-state index contributed by atoms with van der Waals surface area (Å²) in [6, 6.07) is 12.8. The maximum absolute atomic E-state index is 12.2. The van der Waals surface area contributed by atoms with Crippen LogP contribution in [0.3, 0.4) is 0 Å². The first kappa shape index (κ1) is 15.5. The molecule has 1 aliphatic heterocycles. The summed E-state index contributed by atoms with van der Waals surface area (Å²) >= 11 is 0. The molecular weight excluding hydrogens is 290 g/mol. The fourth-order valence-electron chi connectivity index (χ4n) is 2.94. The molecule has 1 aromatic carbocycles. The maximum atomic E-state index is 12.2. The average molecular weight is 311 g/mol. The highest BCUT2D eigenvalue weighted by Crippen LogP contribution is 2.21. The molecule has 1 amide bonds. The fourth-order valence-corrected chi connectivity index (χ4v) is 2.94. The largest absolute Gasteiger partial charge is 0.389 e. The molecule has 0 aliphatic carbocycles. The summed E-state index contributed by atoms with van der Waals surface area (Å²) in [6.45, 7) is 3.24. The van der Waals surface area contributed by atoms with Crippen molar-refractivity contribution in [2.45, 2.75) is 25.5 Å². The third kappa shape index (κ3) is 3.51. The highest BCUT2D eigenvalue weighted by atomic mass is 16.3. The van der Waals surface area contributed by atoms with Gasteiger partial charge in [-0.1, -0.05) is 24.3 Å². The number of amides is 1. The molecule has 5 heteroatoms. The Kier molecular flexibility index (Phi) is 4.57. The Balaban J connectivity index is 1.63. The van der Waals surface area contributed by atoms with Crippen molar-refractivity contribution in [2.75, 3.05) is 18.0 Å². The number of aromatic nitrogens is 1. The van der Waals surface area contributed by atoms with Crippen LogP contribution in [0.5, 0.6) is 0 Å². The van der Waals surface area contributed by atoms with E-state index in [1.165, 1.54) is 0 Å². The van der Waals surface area contributed by atoms with Crippen LogP contribution < -0.4 is 10.2 Å². The number of aryl methyl sites for hydroxylation is 1. The lowest BCUT2D eigenvalue weighted by Gasteiger charge is -2.37. The van der Waals surface area contributed by atoms with E-state index in [1.54, 1.807) is 18.3 Å². The molecule has 0 saturated carbocycles. The third-order valence-corrected chi connectivity index (χ3v) is 4.22. The van der Waals surface area contributed by atoms with Gasteiger partial charge in [0.15, 0.2) is 0 Å². The first-order valence-corrected chi connectivity index (χ1v) is 7.85. The van der Waals surface area contributed by atoms with Gasteiger partial charge in [0.1, 0.15) is 5.82 Å². The van der Waals surface area contributed by atoms with Crippen molar-refractivity contribution in [1.29, 1.82) is 0 Å². The number of β-amino-alcohol motifs (C(OH)–C–C–N with tert-alkyl or cyclic N) is 1. The second-order valence-corrected chi connectivity index (χ2v) is 5.89. The number of carbonyl (C=O) groups excluding carboxylic acids is 1. The van der Waals surface area contributed by atoms with Crippen LogP contribution in [0.15, 0.2) is 48.7 Å².